The number of H-pyrrole nitrogens is 1. The third-order valence-electron chi connectivity index (χ3n) is 6.39. The lowest BCUT2D eigenvalue weighted by molar-refractivity contribution is -0.145. The maximum Gasteiger partial charge on any atom is 0.449 e. The van der Waals surface area contributed by atoms with Crippen LogP contribution < -0.4 is 15.6 Å². The van der Waals surface area contributed by atoms with Crippen LogP contribution >= 0.6 is 23.2 Å². The summed E-state index contributed by atoms with van der Waals surface area (Å²) in [5.74, 6) is -3.30. The highest BCUT2D eigenvalue weighted by atomic mass is 35.5. The molecule has 8 nitrogen and oxygen atoms in total. The van der Waals surface area contributed by atoms with Crippen molar-refractivity contribution in [2.45, 2.75) is 36.3 Å². The number of nitrogens with two attached hydrogens (primary N) is 1. The van der Waals surface area contributed by atoms with Crippen LogP contribution in [-0.2, 0) is 21.0 Å². The van der Waals surface area contributed by atoms with E-state index < -0.39 is 33.5 Å². The van der Waals surface area contributed by atoms with Gasteiger partial charge >= 0.3 is 6.18 Å². The molecule has 0 radical (unpaired) electrons. The molecule has 1 aliphatic carbocycles. The van der Waals surface area contributed by atoms with E-state index in [-0.39, 0.29) is 56.2 Å². The molecule has 0 fully saturated rings. The number of anilines is 2. The zero-order valence-corrected chi connectivity index (χ0v) is 21.5. The van der Waals surface area contributed by atoms with E-state index >= 15 is 0 Å². The van der Waals surface area contributed by atoms with Crippen molar-refractivity contribution in [1.82, 2.24) is 9.97 Å². The number of aromatic nitrogens is 2. The van der Waals surface area contributed by atoms with Crippen LogP contribution in [0.15, 0.2) is 63.4 Å². The van der Waals surface area contributed by atoms with Gasteiger partial charge in [-0.3, -0.25) is 14.5 Å². The topological polar surface area (TPSA) is 126 Å². The van der Waals surface area contributed by atoms with Gasteiger partial charge in [0.15, 0.2) is 5.78 Å². The third-order valence-corrected chi connectivity index (χ3v) is 7.88. The van der Waals surface area contributed by atoms with Crippen LogP contribution in [0, 0.1) is 0 Å². The number of hydrogen-bond donors (Lipinski definition) is 2. The molecule has 0 amide bonds. The van der Waals surface area contributed by atoms with Gasteiger partial charge in [-0.2, -0.15) is 13.2 Å². The largest absolute Gasteiger partial charge is 0.449 e. The predicted molar refractivity (Wildman–Crippen MR) is 134 cm³/mol. The van der Waals surface area contributed by atoms with Crippen molar-refractivity contribution in [3.05, 3.63) is 91.1 Å². The Labute approximate surface area is 223 Å². The molecule has 2 aromatic carbocycles. The van der Waals surface area contributed by atoms with Crippen LogP contribution in [0.25, 0.3) is 0 Å². The van der Waals surface area contributed by atoms with Gasteiger partial charge in [0.1, 0.15) is 5.82 Å². The van der Waals surface area contributed by atoms with Gasteiger partial charge in [0, 0.05) is 39.3 Å². The molecule has 2 aliphatic rings. The second-order valence-electron chi connectivity index (χ2n) is 8.76. The molecule has 0 bridgehead atoms. The highest BCUT2D eigenvalue weighted by Crippen LogP contribution is 2.50. The van der Waals surface area contributed by atoms with Crippen LogP contribution in [0.2, 0.25) is 10.0 Å². The number of Topliss-reactive ketones (excluding diaryl/α,β-unsaturated/α-hetero) is 1. The van der Waals surface area contributed by atoms with E-state index in [0.29, 0.717) is 17.7 Å². The van der Waals surface area contributed by atoms with Gasteiger partial charge in [-0.05, 0) is 54.8 Å². The number of alkyl halides is 3. The Hall–Kier alpha value is -3.19. The van der Waals surface area contributed by atoms with Crippen molar-refractivity contribution >= 4 is 50.5 Å². The quantitative estimate of drug-likeness (QED) is 0.444. The Bertz CT molecular complexity index is 1690. The van der Waals surface area contributed by atoms with Crippen LogP contribution in [0.5, 0.6) is 0 Å². The number of hydrogen-bond acceptors (Lipinski definition) is 6. The molecule has 0 spiro atoms. The van der Waals surface area contributed by atoms with Gasteiger partial charge in [0.25, 0.3) is 5.56 Å². The van der Waals surface area contributed by atoms with E-state index in [9.17, 15) is 31.2 Å². The minimum atomic E-state index is -4.98. The summed E-state index contributed by atoms with van der Waals surface area (Å²) in [5.41, 5.74) is -0.305. The summed E-state index contributed by atoms with van der Waals surface area (Å²) in [6.07, 6.45) is -4.16. The first-order valence-electron chi connectivity index (χ1n) is 11.1. The Morgan fingerprint density at radius 2 is 1.74 bits per heavy atom. The summed E-state index contributed by atoms with van der Waals surface area (Å²) in [5, 5.41) is 5.58. The van der Waals surface area contributed by atoms with E-state index in [0.717, 1.165) is 0 Å². The molecular weight excluding hydrogens is 568 g/mol. The molecule has 2 heterocycles. The van der Waals surface area contributed by atoms with Crippen molar-refractivity contribution in [3.63, 3.8) is 0 Å². The number of ketones is 1. The van der Waals surface area contributed by atoms with Gasteiger partial charge < -0.3 is 4.98 Å². The highest BCUT2D eigenvalue weighted by Gasteiger charge is 2.44. The standard InChI is InChI=1S/C24H17Cl2F3N4O4S/c25-11-4-9-14(15(26)10-11)18-19-16(2-1-3-17(19)34)33(12-5-7-13(8-6-12)38(30,36)37)21-20(18)22(35)32-23(31-21)24(27,28)29/h4-10,18H,1-3H2,(H2,30,36,37)(H,31,32,35). The maximum atomic E-state index is 13.7. The summed E-state index contributed by atoms with van der Waals surface area (Å²) in [4.78, 5) is 33.3. The highest BCUT2D eigenvalue weighted by molar-refractivity contribution is 7.89. The number of fused-ring (bicyclic) bond motifs is 1. The van der Waals surface area contributed by atoms with Crippen molar-refractivity contribution < 1.29 is 26.4 Å². The van der Waals surface area contributed by atoms with Crippen molar-refractivity contribution in [3.8, 4) is 0 Å². The number of halogens is 5. The molecule has 198 valence electrons. The summed E-state index contributed by atoms with van der Waals surface area (Å²) >= 11 is 12.5. The Kier molecular flexibility index (Phi) is 6.41. The van der Waals surface area contributed by atoms with Crippen LogP contribution in [0.3, 0.4) is 0 Å². The fourth-order valence-electron chi connectivity index (χ4n) is 4.82. The normalized spacial score (nSPS) is 17.9. The average molecular weight is 585 g/mol. The minimum absolute atomic E-state index is 0.115. The third kappa shape index (κ3) is 4.51. The number of aromatic amines is 1. The van der Waals surface area contributed by atoms with E-state index in [1.54, 1.807) is 4.98 Å². The second kappa shape index (κ2) is 9.23. The average Bonchev–Trinajstić information content (AvgIpc) is 2.82. The molecule has 5 rings (SSSR count). The van der Waals surface area contributed by atoms with E-state index in [2.05, 4.69) is 4.98 Å². The van der Waals surface area contributed by atoms with Crippen LogP contribution in [0.4, 0.5) is 24.7 Å². The lowest BCUT2D eigenvalue weighted by atomic mass is 9.75. The lowest BCUT2D eigenvalue weighted by Gasteiger charge is -2.40. The van der Waals surface area contributed by atoms with Gasteiger partial charge in [0.2, 0.25) is 15.8 Å². The number of carbonyl (C=O) groups excluding carboxylic acids is 1. The van der Waals surface area contributed by atoms with Crippen LogP contribution in [0.1, 0.15) is 42.1 Å². The van der Waals surface area contributed by atoms with Gasteiger partial charge in [0.05, 0.1) is 10.5 Å². The lowest BCUT2D eigenvalue weighted by Crippen LogP contribution is -2.38. The molecule has 0 saturated carbocycles. The van der Waals surface area contributed by atoms with E-state index in [1.165, 1.54) is 47.4 Å². The fraction of sp³-hybridized carbons (Fsp3) is 0.208. The first kappa shape index (κ1) is 26.4. The maximum absolute atomic E-state index is 13.7. The number of rotatable bonds is 3. The van der Waals surface area contributed by atoms with Crippen molar-refractivity contribution in [2.24, 2.45) is 5.14 Å². The molecule has 14 heteroatoms. The number of allylic oxidation sites excluding steroid dienone is 2. The molecule has 1 aromatic heterocycles. The first-order chi connectivity index (χ1) is 17.8. The molecule has 3 N–H and O–H groups in total. The smallest absolute Gasteiger partial charge is 0.303 e. The van der Waals surface area contributed by atoms with Crippen molar-refractivity contribution in [2.75, 3.05) is 4.90 Å². The first-order valence-corrected chi connectivity index (χ1v) is 13.4. The summed E-state index contributed by atoms with van der Waals surface area (Å²) < 4.78 is 64.7. The summed E-state index contributed by atoms with van der Waals surface area (Å²) in [7, 11) is -4.06. The number of benzene rings is 2. The molecule has 38 heavy (non-hydrogen) atoms. The number of carbonyl (C=O) groups is 1. The summed E-state index contributed by atoms with van der Waals surface area (Å²) in [6.45, 7) is 0. The number of sulfonamides is 1. The Morgan fingerprint density at radius 3 is 2.34 bits per heavy atom. The van der Waals surface area contributed by atoms with Gasteiger partial charge in [-0.1, -0.05) is 29.3 Å². The molecule has 1 atom stereocenters. The molecule has 0 saturated heterocycles. The molecule has 1 aliphatic heterocycles. The Morgan fingerprint density at radius 1 is 1.05 bits per heavy atom. The monoisotopic (exact) mass is 584 g/mol. The summed E-state index contributed by atoms with van der Waals surface area (Å²) in [6, 6.07) is 9.41. The van der Waals surface area contributed by atoms with Crippen LogP contribution in [-0.4, -0.2) is 24.2 Å². The van der Waals surface area contributed by atoms with E-state index in [4.69, 9.17) is 28.3 Å². The number of primary sulfonamides is 1. The zero-order chi connectivity index (χ0) is 27.6. The zero-order valence-electron chi connectivity index (χ0n) is 19.1. The second-order valence-corrected chi connectivity index (χ2v) is 11.2. The van der Waals surface area contributed by atoms with Gasteiger partial charge in [-0.15, -0.1) is 0 Å². The predicted octanol–water partition coefficient (Wildman–Crippen LogP) is 5.03. The molecular formula is C24H17Cl2F3N4O4S. The Balaban J connectivity index is 1.86. The minimum Gasteiger partial charge on any atom is -0.303 e. The molecule has 3 aromatic rings. The number of nitrogens with one attached hydrogen (secondary N) is 1. The fourth-order valence-corrected chi connectivity index (χ4v) is 5.86. The van der Waals surface area contributed by atoms with Crippen molar-refractivity contribution in [1.29, 1.82) is 0 Å². The van der Waals surface area contributed by atoms with E-state index in [1.807, 2.05) is 0 Å². The van der Waals surface area contributed by atoms with Gasteiger partial charge in [-0.25, -0.2) is 18.5 Å². The SMILES string of the molecule is NS(=O)(=O)c1ccc(N2C3=C(C(=O)CCC3)C(c3ccc(Cl)cc3Cl)c3c2nc(C(F)(F)F)[nH]c3=O)cc1. The molecule has 1 unspecified atom stereocenters. The number of nitrogens with zero attached hydrogens (tertiary/aromatic N) is 2.